The Morgan fingerprint density at radius 3 is 2.58 bits per heavy atom. The molecule has 0 fully saturated rings. The van der Waals surface area contributed by atoms with Gasteiger partial charge in [0, 0.05) is 7.05 Å². The zero-order chi connectivity index (χ0) is 8.27. The Labute approximate surface area is 73.6 Å². The Morgan fingerprint density at radius 2 is 2.08 bits per heavy atom. The molecule has 1 aromatic carbocycles. The van der Waals surface area contributed by atoms with Gasteiger partial charge in [-0.15, -0.1) is 0 Å². The van der Waals surface area contributed by atoms with Gasteiger partial charge in [-0.25, -0.2) is 0 Å². The second-order valence-corrected chi connectivity index (χ2v) is 2.53. The molecule has 0 aliphatic rings. The van der Waals surface area contributed by atoms with E-state index in [4.69, 9.17) is 5.73 Å². The van der Waals surface area contributed by atoms with Gasteiger partial charge in [-0.2, -0.15) is 0 Å². The van der Waals surface area contributed by atoms with Gasteiger partial charge in [-0.05, 0) is 24.1 Å². The van der Waals surface area contributed by atoms with Crippen LogP contribution in [0.1, 0.15) is 12.5 Å². The summed E-state index contributed by atoms with van der Waals surface area (Å²) in [6.07, 6.45) is 1.05. The number of hydrogen-bond acceptors (Lipinski definition) is 3. The van der Waals surface area contributed by atoms with E-state index < -0.39 is 0 Å². The SMILES string of the molecule is CCc1ccc(N)c(NC)c1.N. The van der Waals surface area contributed by atoms with Crippen LogP contribution in [-0.4, -0.2) is 7.05 Å². The van der Waals surface area contributed by atoms with Crippen molar-refractivity contribution in [2.24, 2.45) is 0 Å². The molecule has 3 heteroatoms. The van der Waals surface area contributed by atoms with E-state index in [1.165, 1.54) is 5.56 Å². The van der Waals surface area contributed by atoms with Gasteiger partial charge < -0.3 is 17.2 Å². The minimum absolute atomic E-state index is 0. The van der Waals surface area contributed by atoms with Gasteiger partial charge in [0.15, 0.2) is 0 Å². The maximum atomic E-state index is 5.69. The van der Waals surface area contributed by atoms with E-state index in [0.717, 1.165) is 17.8 Å². The van der Waals surface area contributed by atoms with Gasteiger partial charge in [-0.1, -0.05) is 13.0 Å². The van der Waals surface area contributed by atoms with E-state index in [9.17, 15) is 0 Å². The number of hydrogen-bond donors (Lipinski definition) is 3. The average Bonchev–Trinajstić information content (AvgIpc) is 2.05. The van der Waals surface area contributed by atoms with E-state index in [1.807, 2.05) is 13.1 Å². The van der Waals surface area contributed by atoms with Crippen LogP contribution in [0.15, 0.2) is 18.2 Å². The van der Waals surface area contributed by atoms with Crippen molar-refractivity contribution in [1.82, 2.24) is 6.15 Å². The summed E-state index contributed by atoms with van der Waals surface area (Å²) in [7, 11) is 1.88. The Kier molecular flexibility index (Phi) is 4.15. The second kappa shape index (κ2) is 4.62. The van der Waals surface area contributed by atoms with E-state index >= 15 is 0 Å². The summed E-state index contributed by atoms with van der Waals surface area (Å²) in [6.45, 7) is 2.13. The summed E-state index contributed by atoms with van der Waals surface area (Å²) in [6, 6.07) is 6.07. The lowest BCUT2D eigenvalue weighted by Crippen LogP contribution is -1.96. The third kappa shape index (κ3) is 2.13. The van der Waals surface area contributed by atoms with Crippen molar-refractivity contribution in [1.29, 1.82) is 0 Å². The molecule has 0 saturated carbocycles. The molecule has 3 nitrogen and oxygen atoms in total. The number of anilines is 2. The number of rotatable bonds is 2. The van der Waals surface area contributed by atoms with Crippen LogP contribution in [0.2, 0.25) is 0 Å². The topological polar surface area (TPSA) is 73.0 Å². The van der Waals surface area contributed by atoms with Crippen LogP contribution < -0.4 is 17.2 Å². The molecule has 68 valence electrons. The molecule has 12 heavy (non-hydrogen) atoms. The van der Waals surface area contributed by atoms with Crippen LogP contribution in [0.3, 0.4) is 0 Å². The fourth-order valence-electron chi connectivity index (χ4n) is 1.04. The number of nitrogens with two attached hydrogens (primary N) is 1. The largest absolute Gasteiger partial charge is 0.397 e. The number of nitrogens with one attached hydrogen (secondary N) is 1. The van der Waals surface area contributed by atoms with Crippen molar-refractivity contribution in [2.75, 3.05) is 18.1 Å². The molecule has 0 amide bonds. The van der Waals surface area contributed by atoms with Crippen LogP contribution in [0.4, 0.5) is 11.4 Å². The van der Waals surface area contributed by atoms with E-state index in [-0.39, 0.29) is 6.15 Å². The quantitative estimate of drug-likeness (QED) is 0.590. The third-order valence-electron chi connectivity index (χ3n) is 1.80. The Bertz CT molecular complexity index is 246. The van der Waals surface area contributed by atoms with Gasteiger partial charge in [0.05, 0.1) is 11.4 Å². The average molecular weight is 167 g/mol. The van der Waals surface area contributed by atoms with Gasteiger partial charge >= 0.3 is 0 Å². The Morgan fingerprint density at radius 1 is 1.42 bits per heavy atom. The first kappa shape index (κ1) is 10.8. The van der Waals surface area contributed by atoms with Gasteiger partial charge in [0.2, 0.25) is 0 Å². The first-order valence-electron chi connectivity index (χ1n) is 3.84. The number of benzene rings is 1. The fourth-order valence-corrected chi connectivity index (χ4v) is 1.04. The molecule has 0 aromatic heterocycles. The minimum Gasteiger partial charge on any atom is -0.397 e. The molecular weight excluding hydrogens is 150 g/mol. The lowest BCUT2D eigenvalue weighted by atomic mass is 10.1. The highest BCUT2D eigenvalue weighted by molar-refractivity contribution is 5.66. The molecule has 0 heterocycles. The van der Waals surface area contributed by atoms with Gasteiger partial charge in [0.1, 0.15) is 0 Å². The molecule has 0 aliphatic carbocycles. The van der Waals surface area contributed by atoms with Crippen molar-refractivity contribution in [3.63, 3.8) is 0 Å². The standard InChI is InChI=1S/C9H14N2.H3N/c1-3-7-4-5-8(10)9(6-7)11-2;/h4-6,11H,3,10H2,1-2H3;1H3. The third-order valence-corrected chi connectivity index (χ3v) is 1.80. The molecule has 1 aromatic rings. The molecular formula is C9H17N3. The van der Waals surface area contributed by atoms with Crippen LogP contribution in [0.25, 0.3) is 0 Å². The highest BCUT2D eigenvalue weighted by atomic mass is 14.8. The molecule has 0 spiro atoms. The molecule has 0 saturated heterocycles. The van der Waals surface area contributed by atoms with Crippen LogP contribution in [0.5, 0.6) is 0 Å². The predicted octanol–water partition coefficient (Wildman–Crippen LogP) is 2.03. The smallest absolute Gasteiger partial charge is 0.0574 e. The summed E-state index contributed by atoms with van der Waals surface area (Å²) in [5.74, 6) is 0. The predicted molar refractivity (Wildman–Crippen MR) is 54.8 cm³/mol. The minimum atomic E-state index is 0. The van der Waals surface area contributed by atoms with Crippen LogP contribution in [-0.2, 0) is 6.42 Å². The Balaban J connectivity index is 0.00000121. The molecule has 0 unspecified atom stereocenters. The van der Waals surface area contributed by atoms with Crippen molar-refractivity contribution in [3.8, 4) is 0 Å². The van der Waals surface area contributed by atoms with Crippen molar-refractivity contribution < 1.29 is 0 Å². The van der Waals surface area contributed by atoms with E-state index in [0.29, 0.717) is 0 Å². The highest BCUT2D eigenvalue weighted by Crippen LogP contribution is 2.19. The summed E-state index contributed by atoms with van der Waals surface area (Å²) >= 11 is 0. The zero-order valence-corrected chi connectivity index (χ0v) is 7.72. The van der Waals surface area contributed by atoms with E-state index in [2.05, 4.69) is 24.4 Å². The number of aryl methyl sites for hydroxylation is 1. The first-order chi connectivity index (χ1) is 5.27. The summed E-state index contributed by atoms with van der Waals surface area (Å²) < 4.78 is 0. The lowest BCUT2D eigenvalue weighted by Gasteiger charge is -2.05. The van der Waals surface area contributed by atoms with Crippen molar-refractivity contribution in [3.05, 3.63) is 23.8 Å². The van der Waals surface area contributed by atoms with E-state index in [1.54, 1.807) is 0 Å². The normalized spacial score (nSPS) is 8.83. The molecule has 6 N–H and O–H groups in total. The van der Waals surface area contributed by atoms with Crippen molar-refractivity contribution in [2.45, 2.75) is 13.3 Å². The molecule has 0 atom stereocenters. The molecule has 1 rings (SSSR count). The molecule has 0 bridgehead atoms. The van der Waals surface area contributed by atoms with Gasteiger partial charge in [-0.3, -0.25) is 0 Å². The summed E-state index contributed by atoms with van der Waals surface area (Å²) in [5.41, 5.74) is 8.83. The van der Waals surface area contributed by atoms with Crippen LogP contribution in [0, 0.1) is 0 Å². The highest BCUT2D eigenvalue weighted by Gasteiger charge is 1.96. The second-order valence-electron chi connectivity index (χ2n) is 2.53. The summed E-state index contributed by atoms with van der Waals surface area (Å²) in [4.78, 5) is 0. The lowest BCUT2D eigenvalue weighted by molar-refractivity contribution is 1.14. The zero-order valence-electron chi connectivity index (χ0n) is 7.72. The fraction of sp³-hybridized carbons (Fsp3) is 0.333. The van der Waals surface area contributed by atoms with Crippen molar-refractivity contribution >= 4 is 11.4 Å². The maximum Gasteiger partial charge on any atom is 0.0574 e. The first-order valence-corrected chi connectivity index (χ1v) is 3.84. The maximum absolute atomic E-state index is 5.69. The van der Waals surface area contributed by atoms with Gasteiger partial charge in [0.25, 0.3) is 0 Å². The Hall–Kier alpha value is -1.22. The monoisotopic (exact) mass is 167 g/mol. The summed E-state index contributed by atoms with van der Waals surface area (Å²) in [5, 5.41) is 3.04. The number of nitrogen functional groups attached to an aromatic ring is 1. The van der Waals surface area contributed by atoms with Crippen LogP contribution >= 0.6 is 0 Å². The molecule has 0 aliphatic heterocycles. The molecule has 0 radical (unpaired) electrons.